The van der Waals surface area contributed by atoms with Crippen LogP contribution in [0.2, 0.25) is 0 Å². The van der Waals surface area contributed by atoms with Crippen LogP contribution in [0.4, 0.5) is 0 Å². The van der Waals surface area contributed by atoms with E-state index in [0.29, 0.717) is 18.7 Å². The van der Waals surface area contributed by atoms with Gasteiger partial charge >= 0.3 is 0 Å². The van der Waals surface area contributed by atoms with Gasteiger partial charge in [0.25, 0.3) is 0 Å². The van der Waals surface area contributed by atoms with Crippen molar-refractivity contribution in [3.05, 3.63) is 35.9 Å². The van der Waals surface area contributed by atoms with E-state index in [4.69, 9.17) is 0 Å². The number of amides is 1. The number of benzene rings is 1. The van der Waals surface area contributed by atoms with Crippen molar-refractivity contribution in [2.24, 2.45) is 0 Å². The van der Waals surface area contributed by atoms with Crippen molar-refractivity contribution < 1.29 is 13.2 Å². The number of carbonyl (C=O) groups excluding carboxylic acids is 1. The van der Waals surface area contributed by atoms with E-state index in [1.807, 2.05) is 18.2 Å². The van der Waals surface area contributed by atoms with Crippen LogP contribution in [0, 0.1) is 0 Å². The highest BCUT2D eigenvalue weighted by molar-refractivity contribution is 7.88. The van der Waals surface area contributed by atoms with Gasteiger partial charge in [-0.1, -0.05) is 30.3 Å². The first-order valence-corrected chi connectivity index (χ1v) is 8.53. The second-order valence-electron chi connectivity index (χ2n) is 5.12. The summed E-state index contributed by atoms with van der Waals surface area (Å²) in [6.07, 6.45) is 3.09. The highest BCUT2D eigenvalue weighted by Gasteiger charge is 2.34. The molecule has 0 saturated carbocycles. The number of carbonyl (C=O) groups is 1. The van der Waals surface area contributed by atoms with Crippen LogP contribution in [0.1, 0.15) is 24.4 Å². The molecule has 1 aliphatic rings. The highest BCUT2D eigenvalue weighted by Crippen LogP contribution is 2.25. The van der Waals surface area contributed by atoms with Gasteiger partial charge in [-0.15, -0.1) is 0 Å². The van der Waals surface area contributed by atoms with E-state index in [2.05, 4.69) is 0 Å². The molecule has 20 heavy (non-hydrogen) atoms. The molecule has 2 rings (SSSR count). The summed E-state index contributed by atoms with van der Waals surface area (Å²) in [4.78, 5) is 14.4. The summed E-state index contributed by atoms with van der Waals surface area (Å²) in [5, 5.41) is 0. The molecular formula is C14H20N2O3S. The molecule has 1 heterocycles. The Hall–Kier alpha value is -1.40. The second kappa shape index (κ2) is 5.93. The second-order valence-corrected chi connectivity index (χ2v) is 7.17. The zero-order valence-corrected chi connectivity index (χ0v) is 12.6. The molecule has 1 aromatic rings. The molecule has 0 bridgehead atoms. The highest BCUT2D eigenvalue weighted by atomic mass is 32.2. The standard InChI is InChI=1S/C14H20N2O3S/c1-15(20(2,18)19)13(12-8-4-3-5-9-12)14(17)16-10-6-7-11-16/h3-5,8-9,13H,6-7,10-11H2,1-2H3. The minimum atomic E-state index is -3.44. The number of likely N-dealkylation sites (tertiary alicyclic amines) is 1. The van der Waals surface area contributed by atoms with Gasteiger partial charge in [0.05, 0.1) is 6.26 Å². The van der Waals surface area contributed by atoms with E-state index in [9.17, 15) is 13.2 Å². The van der Waals surface area contributed by atoms with Crippen LogP contribution < -0.4 is 0 Å². The van der Waals surface area contributed by atoms with Crippen molar-refractivity contribution in [1.29, 1.82) is 0 Å². The van der Waals surface area contributed by atoms with E-state index >= 15 is 0 Å². The number of likely N-dealkylation sites (N-methyl/N-ethyl adjacent to an activating group) is 1. The molecule has 1 aromatic carbocycles. The Balaban J connectivity index is 2.36. The summed E-state index contributed by atoms with van der Waals surface area (Å²) in [7, 11) is -1.98. The lowest BCUT2D eigenvalue weighted by Gasteiger charge is -2.29. The molecule has 110 valence electrons. The lowest BCUT2D eigenvalue weighted by atomic mass is 10.1. The van der Waals surface area contributed by atoms with Crippen LogP contribution in [0.3, 0.4) is 0 Å². The molecule has 0 aliphatic carbocycles. The van der Waals surface area contributed by atoms with Crippen molar-refractivity contribution >= 4 is 15.9 Å². The number of hydrogen-bond acceptors (Lipinski definition) is 3. The molecule has 1 atom stereocenters. The van der Waals surface area contributed by atoms with Crippen LogP contribution in [-0.2, 0) is 14.8 Å². The van der Waals surface area contributed by atoms with Gasteiger partial charge in [0.1, 0.15) is 6.04 Å². The van der Waals surface area contributed by atoms with Gasteiger partial charge in [0.2, 0.25) is 15.9 Å². The largest absolute Gasteiger partial charge is 0.341 e. The first-order valence-electron chi connectivity index (χ1n) is 6.68. The third kappa shape index (κ3) is 3.19. The average molecular weight is 296 g/mol. The molecule has 0 radical (unpaired) electrons. The van der Waals surface area contributed by atoms with Crippen molar-refractivity contribution in [3.63, 3.8) is 0 Å². The summed E-state index contributed by atoms with van der Waals surface area (Å²) >= 11 is 0. The van der Waals surface area contributed by atoms with Crippen molar-refractivity contribution in [2.75, 3.05) is 26.4 Å². The van der Waals surface area contributed by atoms with Gasteiger partial charge in [-0.2, -0.15) is 4.31 Å². The monoisotopic (exact) mass is 296 g/mol. The van der Waals surface area contributed by atoms with Crippen LogP contribution in [0.25, 0.3) is 0 Å². The first kappa shape index (κ1) is 15.0. The average Bonchev–Trinajstić information content (AvgIpc) is 2.93. The molecular weight excluding hydrogens is 276 g/mol. The number of hydrogen-bond donors (Lipinski definition) is 0. The predicted molar refractivity (Wildman–Crippen MR) is 77.6 cm³/mol. The Bertz CT molecular complexity index is 565. The van der Waals surface area contributed by atoms with Crippen molar-refractivity contribution in [2.45, 2.75) is 18.9 Å². The third-order valence-electron chi connectivity index (χ3n) is 3.65. The summed E-state index contributed by atoms with van der Waals surface area (Å²) < 4.78 is 24.8. The predicted octanol–water partition coefficient (Wildman–Crippen LogP) is 1.24. The van der Waals surface area contributed by atoms with E-state index in [1.54, 1.807) is 17.0 Å². The SMILES string of the molecule is CN(C(C(=O)N1CCCC1)c1ccccc1)S(C)(=O)=O. The smallest absolute Gasteiger partial charge is 0.245 e. The van der Waals surface area contributed by atoms with Crippen molar-refractivity contribution in [3.8, 4) is 0 Å². The van der Waals surface area contributed by atoms with Gasteiger partial charge in [0, 0.05) is 20.1 Å². The lowest BCUT2D eigenvalue weighted by Crippen LogP contribution is -2.42. The van der Waals surface area contributed by atoms with Crippen LogP contribution in [0.15, 0.2) is 30.3 Å². The molecule has 1 saturated heterocycles. The maximum absolute atomic E-state index is 12.7. The minimum absolute atomic E-state index is 0.137. The summed E-state index contributed by atoms with van der Waals surface area (Å²) in [5.41, 5.74) is 0.706. The van der Waals surface area contributed by atoms with Crippen LogP contribution in [0.5, 0.6) is 0 Å². The molecule has 1 fully saturated rings. The quantitative estimate of drug-likeness (QED) is 0.840. The Morgan fingerprint density at radius 3 is 2.25 bits per heavy atom. The minimum Gasteiger partial charge on any atom is -0.341 e. The van der Waals surface area contributed by atoms with Crippen LogP contribution in [-0.4, -0.2) is 49.9 Å². The summed E-state index contributed by atoms with van der Waals surface area (Å²) in [6, 6.07) is 8.29. The first-order chi connectivity index (χ1) is 9.41. The molecule has 0 N–H and O–H groups in total. The Labute approximate surface area is 120 Å². The lowest BCUT2D eigenvalue weighted by molar-refractivity contribution is -0.134. The number of rotatable bonds is 4. The topological polar surface area (TPSA) is 57.7 Å². The normalized spacial score (nSPS) is 17.4. The fourth-order valence-electron chi connectivity index (χ4n) is 2.45. The molecule has 0 aromatic heterocycles. The van der Waals surface area contributed by atoms with E-state index < -0.39 is 16.1 Å². The Kier molecular flexibility index (Phi) is 4.45. The fourth-order valence-corrected chi connectivity index (χ4v) is 3.04. The third-order valence-corrected chi connectivity index (χ3v) is 4.91. The Morgan fingerprint density at radius 1 is 1.20 bits per heavy atom. The van der Waals surface area contributed by atoms with Gasteiger partial charge in [0.15, 0.2) is 0 Å². The molecule has 1 amide bonds. The zero-order valence-electron chi connectivity index (χ0n) is 11.8. The molecule has 1 aliphatic heterocycles. The number of nitrogens with zero attached hydrogens (tertiary/aromatic N) is 2. The maximum atomic E-state index is 12.7. The molecule has 6 heteroatoms. The van der Waals surface area contributed by atoms with Gasteiger partial charge < -0.3 is 4.90 Å². The van der Waals surface area contributed by atoms with E-state index in [1.165, 1.54) is 7.05 Å². The van der Waals surface area contributed by atoms with Crippen molar-refractivity contribution in [1.82, 2.24) is 9.21 Å². The molecule has 5 nitrogen and oxygen atoms in total. The molecule has 0 spiro atoms. The van der Waals surface area contributed by atoms with Gasteiger partial charge in [-0.3, -0.25) is 4.79 Å². The fraction of sp³-hybridized carbons (Fsp3) is 0.500. The van der Waals surface area contributed by atoms with E-state index in [-0.39, 0.29) is 5.91 Å². The number of sulfonamides is 1. The molecule has 1 unspecified atom stereocenters. The van der Waals surface area contributed by atoms with Gasteiger partial charge in [-0.05, 0) is 18.4 Å². The summed E-state index contributed by atoms with van der Waals surface area (Å²) in [5.74, 6) is -0.137. The maximum Gasteiger partial charge on any atom is 0.245 e. The van der Waals surface area contributed by atoms with E-state index in [0.717, 1.165) is 23.4 Å². The van der Waals surface area contributed by atoms with Gasteiger partial charge in [-0.25, -0.2) is 8.42 Å². The Morgan fingerprint density at radius 2 is 1.75 bits per heavy atom. The van der Waals surface area contributed by atoms with Crippen LogP contribution >= 0.6 is 0 Å². The zero-order chi connectivity index (χ0) is 14.8. The summed E-state index contributed by atoms with van der Waals surface area (Å²) in [6.45, 7) is 1.42.